The molecule has 2 amide bonds. The predicted octanol–water partition coefficient (Wildman–Crippen LogP) is 3.58. The maximum atomic E-state index is 12.1. The maximum absolute atomic E-state index is 12.1. The first-order valence-corrected chi connectivity index (χ1v) is 8.20. The van der Waals surface area contributed by atoms with Crippen molar-refractivity contribution < 1.29 is 9.90 Å². The molecule has 5 heteroatoms. The summed E-state index contributed by atoms with van der Waals surface area (Å²) in [4.78, 5) is 12.1. The second kappa shape index (κ2) is 7.51. The van der Waals surface area contributed by atoms with Crippen molar-refractivity contribution >= 4 is 22.6 Å². The first kappa shape index (κ1) is 17.3. The molecule has 2 rings (SSSR count). The lowest BCUT2D eigenvalue weighted by Crippen LogP contribution is -2.37. The molecule has 1 aromatic carbocycles. The van der Waals surface area contributed by atoms with Crippen LogP contribution in [-0.2, 0) is 6.54 Å². The van der Waals surface area contributed by atoms with E-state index < -0.39 is 0 Å². The van der Waals surface area contributed by atoms with E-state index in [9.17, 15) is 4.79 Å². The minimum Gasteiger partial charge on any atom is -0.396 e. The molecule has 0 unspecified atom stereocenters. The van der Waals surface area contributed by atoms with Gasteiger partial charge in [0.15, 0.2) is 0 Å². The maximum Gasteiger partial charge on any atom is 0.319 e. The normalized spacial score (nSPS) is 11.7. The van der Waals surface area contributed by atoms with Crippen LogP contribution in [0.15, 0.2) is 30.5 Å². The van der Waals surface area contributed by atoms with Gasteiger partial charge in [-0.2, -0.15) is 0 Å². The molecule has 126 valence electrons. The van der Waals surface area contributed by atoms with Gasteiger partial charge in [0, 0.05) is 31.6 Å². The molecule has 0 aliphatic carbocycles. The second-order valence-corrected chi connectivity index (χ2v) is 6.73. The van der Waals surface area contributed by atoms with E-state index in [0.717, 1.165) is 24.2 Å². The first-order valence-electron chi connectivity index (χ1n) is 8.20. The molecule has 0 radical (unpaired) electrons. The summed E-state index contributed by atoms with van der Waals surface area (Å²) < 4.78 is 2.20. The Morgan fingerprint density at radius 2 is 2.09 bits per heavy atom. The smallest absolute Gasteiger partial charge is 0.319 e. The fourth-order valence-electron chi connectivity index (χ4n) is 2.58. The summed E-state index contributed by atoms with van der Waals surface area (Å²) in [5, 5.41) is 15.9. The Bertz CT molecular complexity index is 661. The van der Waals surface area contributed by atoms with Crippen LogP contribution in [0.2, 0.25) is 0 Å². The number of urea groups is 1. The van der Waals surface area contributed by atoms with Gasteiger partial charge >= 0.3 is 6.03 Å². The van der Waals surface area contributed by atoms with Crippen LogP contribution in [0.1, 0.15) is 33.6 Å². The minimum absolute atomic E-state index is 0.119. The van der Waals surface area contributed by atoms with E-state index in [2.05, 4.69) is 34.4 Å². The van der Waals surface area contributed by atoms with Gasteiger partial charge in [0.25, 0.3) is 0 Å². The summed E-state index contributed by atoms with van der Waals surface area (Å²) in [6.45, 7) is 7.81. The first-order chi connectivity index (χ1) is 10.9. The van der Waals surface area contributed by atoms with Crippen molar-refractivity contribution in [1.82, 2.24) is 9.88 Å². The number of hydrogen-bond donors (Lipinski definition) is 3. The molecule has 3 N–H and O–H groups in total. The van der Waals surface area contributed by atoms with Gasteiger partial charge in [-0.05, 0) is 41.8 Å². The summed E-state index contributed by atoms with van der Waals surface area (Å²) in [6.07, 6.45) is 3.81. The molecule has 0 spiro atoms. The lowest BCUT2D eigenvalue weighted by atomic mass is 9.90. The fourth-order valence-corrected chi connectivity index (χ4v) is 2.58. The van der Waals surface area contributed by atoms with E-state index in [1.807, 2.05) is 32.0 Å². The number of nitrogens with zero attached hydrogens (tertiary/aromatic N) is 1. The quantitative estimate of drug-likeness (QED) is 0.730. The van der Waals surface area contributed by atoms with Crippen LogP contribution < -0.4 is 10.6 Å². The highest BCUT2D eigenvalue weighted by Crippen LogP contribution is 2.21. The average molecular weight is 317 g/mol. The van der Waals surface area contributed by atoms with Gasteiger partial charge in [-0.1, -0.05) is 26.8 Å². The molecular weight excluding hydrogens is 290 g/mol. The second-order valence-electron chi connectivity index (χ2n) is 6.73. The molecule has 5 nitrogen and oxygen atoms in total. The highest BCUT2D eigenvalue weighted by molar-refractivity contribution is 5.92. The van der Waals surface area contributed by atoms with E-state index in [0.29, 0.717) is 13.0 Å². The zero-order valence-electron chi connectivity index (χ0n) is 14.2. The average Bonchev–Trinajstić information content (AvgIpc) is 2.88. The zero-order chi connectivity index (χ0) is 16.9. The van der Waals surface area contributed by atoms with Gasteiger partial charge in [-0.25, -0.2) is 4.79 Å². The number of nitrogens with one attached hydrogen (secondary N) is 2. The summed E-state index contributed by atoms with van der Waals surface area (Å²) in [7, 11) is 0. The molecule has 2 aromatic rings. The molecule has 0 aliphatic rings. The van der Waals surface area contributed by atoms with Gasteiger partial charge in [0.05, 0.1) is 5.52 Å². The topological polar surface area (TPSA) is 66.3 Å². The van der Waals surface area contributed by atoms with Gasteiger partial charge in [-0.15, -0.1) is 0 Å². The Morgan fingerprint density at radius 3 is 2.78 bits per heavy atom. The van der Waals surface area contributed by atoms with Crippen molar-refractivity contribution in [3.05, 3.63) is 30.5 Å². The number of anilines is 1. The Labute approximate surface area is 137 Å². The van der Waals surface area contributed by atoms with Crippen molar-refractivity contribution in [3.8, 4) is 0 Å². The number of benzene rings is 1. The molecule has 0 saturated heterocycles. The molecule has 23 heavy (non-hydrogen) atoms. The van der Waals surface area contributed by atoms with Crippen LogP contribution in [0.25, 0.3) is 10.9 Å². The van der Waals surface area contributed by atoms with Crippen LogP contribution in [0.3, 0.4) is 0 Å². The third kappa shape index (κ3) is 4.73. The number of aliphatic hydroxyl groups excluding tert-OH is 1. The van der Waals surface area contributed by atoms with E-state index in [1.165, 1.54) is 5.39 Å². The summed E-state index contributed by atoms with van der Waals surface area (Å²) in [6, 6.07) is 7.81. The van der Waals surface area contributed by atoms with E-state index >= 15 is 0 Å². The Morgan fingerprint density at radius 1 is 1.30 bits per heavy atom. The number of hydrogen-bond acceptors (Lipinski definition) is 2. The fraction of sp³-hybridized carbons (Fsp3) is 0.500. The number of amides is 2. The Hall–Kier alpha value is -2.01. The number of aliphatic hydroxyl groups is 1. The van der Waals surface area contributed by atoms with Crippen LogP contribution in [-0.4, -0.2) is 28.9 Å². The number of aromatic nitrogens is 1. The van der Waals surface area contributed by atoms with Crippen LogP contribution >= 0.6 is 0 Å². The minimum atomic E-state index is -0.219. The molecule has 1 aromatic heterocycles. The SMILES string of the molecule is CCCn1ccc2ccc(NC(=O)NCC(C)(C)CCO)cc21. The van der Waals surface area contributed by atoms with Crippen molar-refractivity contribution in [2.75, 3.05) is 18.5 Å². The number of carbonyl (C=O) groups excluding carboxylic acids is 1. The lowest BCUT2D eigenvalue weighted by Gasteiger charge is -2.23. The summed E-state index contributed by atoms with van der Waals surface area (Å²) in [5.41, 5.74) is 1.79. The molecular formula is C18H27N3O2. The van der Waals surface area contributed by atoms with Crippen molar-refractivity contribution in [2.45, 2.75) is 40.2 Å². The lowest BCUT2D eigenvalue weighted by molar-refractivity contribution is 0.204. The molecule has 0 bridgehead atoms. The van der Waals surface area contributed by atoms with Gasteiger partial charge < -0.3 is 20.3 Å². The number of carbonyl (C=O) groups is 1. The van der Waals surface area contributed by atoms with Crippen molar-refractivity contribution in [1.29, 1.82) is 0 Å². The van der Waals surface area contributed by atoms with Gasteiger partial charge in [0.2, 0.25) is 0 Å². The van der Waals surface area contributed by atoms with Crippen molar-refractivity contribution in [3.63, 3.8) is 0 Å². The molecule has 0 atom stereocenters. The predicted molar refractivity (Wildman–Crippen MR) is 94.7 cm³/mol. The van der Waals surface area contributed by atoms with Crippen LogP contribution in [0, 0.1) is 5.41 Å². The number of fused-ring (bicyclic) bond motifs is 1. The molecule has 0 fully saturated rings. The van der Waals surface area contributed by atoms with Gasteiger partial charge in [-0.3, -0.25) is 0 Å². The van der Waals surface area contributed by atoms with E-state index in [-0.39, 0.29) is 18.1 Å². The largest absolute Gasteiger partial charge is 0.396 e. The standard InChI is InChI=1S/C18H27N3O2/c1-4-9-21-10-7-14-5-6-15(12-16(14)21)20-17(23)19-13-18(2,3)8-11-22/h5-7,10,12,22H,4,8-9,11,13H2,1-3H3,(H2,19,20,23). The van der Waals surface area contributed by atoms with Crippen LogP contribution in [0.5, 0.6) is 0 Å². The summed E-state index contributed by atoms with van der Waals surface area (Å²) >= 11 is 0. The Balaban J connectivity index is 2.00. The van der Waals surface area contributed by atoms with Crippen molar-refractivity contribution in [2.24, 2.45) is 5.41 Å². The zero-order valence-corrected chi connectivity index (χ0v) is 14.2. The van der Waals surface area contributed by atoms with E-state index in [1.54, 1.807) is 0 Å². The van der Waals surface area contributed by atoms with Crippen LogP contribution in [0.4, 0.5) is 10.5 Å². The van der Waals surface area contributed by atoms with E-state index in [4.69, 9.17) is 5.11 Å². The van der Waals surface area contributed by atoms with Gasteiger partial charge in [0.1, 0.15) is 0 Å². The third-order valence-electron chi connectivity index (χ3n) is 4.01. The molecule has 0 saturated carbocycles. The highest BCUT2D eigenvalue weighted by atomic mass is 16.3. The number of aryl methyl sites for hydroxylation is 1. The Kier molecular flexibility index (Phi) is 5.66. The number of rotatable bonds is 7. The third-order valence-corrected chi connectivity index (χ3v) is 4.01. The highest BCUT2D eigenvalue weighted by Gasteiger charge is 2.18. The molecule has 1 heterocycles. The summed E-state index contributed by atoms with van der Waals surface area (Å²) in [5.74, 6) is 0. The molecule has 0 aliphatic heterocycles. The monoisotopic (exact) mass is 317 g/mol.